The van der Waals surface area contributed by atoms with Gasteiger partial charge < -0.3 is 53.6 Å². The van der Waals surface area contributed by atoms with E-state index in [1.54, 1.807) is 21.3 Å². The Morgan fingerprint density at radius 1 is 0.743 bits per heavy atom. The van der Waals surface area contributed by atoms with Crippen LogP contribution in [0.4, 0.5) is 0 Å². The number of alkyl halides is 1. The van der Waals surface area contributed by atoms with Crippen LogP contribution in [0, 0.1) is 17.0 Å². The number of quaternary nitrogens is 1. The second-order valence-corrected chi connectivity index (χ2v) is 21.2. The molecule has 374 valence electrons. The molecule has 2 unspecified atom stereocenters. The third kappa shape index (κ3) is 8.31. The SMILES string of the molecule is CBr.COc1ccc2c3c1O[C@H]1[C@@H](O)C=C[C@H]4[C@@H](C2)N(C)CC[C@@]341.COc1ccc2c3c1O[C@H]1[C@@H](O)C=C[C@H]4[C@@H](C2)[N+](C)([O-])CC[C@@]341.Clc1ccc(C(OCCN2CCCCC2)c2ccccc2)cc1. The van der Waals surface area contributed by atoms with Crippen LogP contribution in [0.15, 0.2) is 103 Å². The number of halogens is 2. The van der Waals surface area contributed by atoms with E-state index in [1.807, 2.05) is 48.3 Å². The molecule has 4 aliphatic carbocycles. The lowest BCUT2D eigenvalue weighted by molar-refractivity contribution is -0.898. The molecule has 11 nitrogen and oxygen atoms in total. The predicted molar refractivity (Wildman–Crippen MR) is 278 cm³/mol. The van der Waals surface area contributed by atoms with Gasteiger partial charge in [0.25, 0.3) is 0 Å². The number of hydrogen-bond acceptors (Lipinski definition) is 10. The minimum absolute atomic E-state index is 0.00885. The standard InChI is InChI=1S/C20H24ClNO.C18H21NO4.C18H21NO3.CH3Br/c21-19-11-9-18(10-12-19)20(17-7-3-1-4-8-17)23-16-15-22-13-5-2-6-14-22;1-19(21)8-7-18-11-4-5-13(20)17(18)23-16-14(22-2)6-3-10(15(16)18)9-12(11)19;1-19-8-7-18-11-4-5-13(20)17(18)22-16-14(21-2)6-3-10(15(16)18)9-12(11)19;1-2/h1,3-4,7-12,20H,2,5-6,13-16H2;3-6,11-13,17,20H,7-9H2,1-2H3;3-6,11-13,17,20H,7-9H2,1-2H3;1H3/t;11-,12+,13-,17-,18-,19?;11-,12+,13-,17-,18-;/m.00./s1. The molecular formula is C57H69BrClN3O8. The Bertz CT molecular complexity index is 2560. The van der Waals surface area contributed by atoms with Crippen molar-refractivity contribution in [2.75, 3.05) is 73.5 Å². The highest BCUT2D eigenvalue weighted by molar-refractivity contribution is 9.08. The molecule has 3 saturated heterocycles. The summed E-state index contributed by atoms with van der Waals surface area (Å²) in [5, 5.41) is 34.9. The van der Waals surface area contributed by atoms with Gasteiger partial charge >= 0.3 is 0 Å². The van der Waals surface area contributed by atoms with E-state index in [4.69, 9.17) is 35.3 Å². The predicted octanol–water partition coefficient (Wildman–Crippen LogP) is 8.96. The molecule has 13 heteroatoms. The van der Waals surface area contributed by atoms with Gasteiger partial charge in [0.1, 0.15) is 30.5 Å². The van der Waals surface area contributed by atoms with Crippen LogP contribution in [0.2, 0.25) is 5.02 Å². The monoisotopic (exact) mass is 1040 g/mol. The summed E-state index contributed by atoms with van der Waals surface area (Å²) >= 11 is 8.96. The van der Waals surface area contributed by atoms with E-state index in [1.165, 1.54) is 60.2 Å². The Kier molecular flexibility index (Phi) is 14.3. The summed E-state index contributed by atoms with van der Waals surface area (Å²) in [6.07, 6.45) is 13.9. The van der Waals surface area contributed by atoms with E-state index in [9.17, 15) is 15.4 Å². The van der Waals surface area contributed by atoms with E-state index >= 15 is 0 Å². The van der Waals surface area contributed by atoms with Gasteiger partial charge in [0.2, 0.25) is 0 Å². The first-order valence-corrected chi connectivity index (χ1v) is 27.2. The average Bonchev–Trinajstić information content (AvgIpc) is 3.94. The second-order valence-electron chi connectivity index (χ2n) is 20.8. The number of likely N-dealkylation sites (N-methyl/N-ethyl adjacent to an activating group) is 2. The number of ether oxygens (including phenoxy) is 5. The molecule has 4 bridgehead atoms. The van der Waals surface area contributed by atoms with Crippen molar-refractivity contribution < 1.29 is 38.5 Å². The maximum atomic E-state index is 13.0. The molecule has 0 aromatic heterocycles. The fourth-order valence-electron chi connectivity index (χ4n) is 14.1. The van der Waals surface area contributed by atoms with Crippen LogP contribution < -0.4 is 18.9 Å². The number of hydroxylamine groups is 3. The van der Waals surface area contributed by atoms with Crippen molar-refractivity contribution in [3.8, 4) is 23.0 Å². The van der Waals surface area contributed by atoms with Gasteiger partial charge in [-0.25, -0.2) is 0 Å². The zero-order valence-electron chi connectivity index (χ0n) is 41.1. The minimum atomic E-state index is -0.640. The van der Waals surface area contributed by atoms with Gasteiger partial charge in [-0.05, 0) is 105 Å². The highest BCUT2D eigenvalue weighted by atomic mass is 79.9. The smallest absolute Gasteiger partial charge is 0.165 e. The molecule has 2 spiro atoms. The largest absolute Gasteiger partial charge is 0.633 e. The molecule has 0 amide bonds. The average molecular weight is 1040 g/mol. The third-order valence-corrected chi connectivity index (χ3v) is 17.6. The van der Waals surface area contributed by atoms with Gasteiger partial charge in [-0.2, -0.15) is 0 Å². The summed E-state index contributed by atoms with van der Waals surface area (Å²) in [7, 11) is 7.34. The molecule has 12 atom stereocenters. The third-order valence-electron chi connectivity index (χ3n) is 17.4. The lowest BCUT2D eigenvalue weighted by Crippen LogP contribution is -2.69. The van der Waals surface area contributed by atoms with Crippen LogP contribution in [0.25, 0.3) is 0 Å². The van der Waals surface area contributed by atoms with Crippen LogP contribution in [-0.4, -0.2) is 135 Å². The summed E-state index contributed by atoms with van der Waals surface area (Å²) < 4.78 is 29.6. The van der Waals surface area contributed by atoms with E-state index in [0.29, 0.717) is 18.5 Å². The Hall–Kier alpha value is -3.95. The summed E-state index contributed by atoms with van der Waals surface area (Å²) in [6, 6.07) is 27.1. The molecule has 13 rings (SSSR count). The van der Waals surface area contributed by atoms with Crippen molar-refractivity contribution in [1.82, 2.24) is 9.80 Å². The fourth-order valence-corrected chi connectivity index (χ4v) is 14.2. The van der Waals surface area contributed by atoms with Gasteiger partial charge in [0.15, 0.2) is 23.0 Å². The van der Waals surface area contributed by atoms with Crippen LogP contribution in [0.1, 0.15) is 71.6 Å². The van der Waals surface area contributed by atoms with Crippen LogP contribution in [0.5, 0.6) is 23.0 Å². The number of aliphatic hydroxyl groups excluding tert-OH is 2. The van der Waals surface area contributed by atoms with Gasteiger partial charge in [0.05, 0.1) is 45.9 Å². The fraction of sp³-hybridized carbons (Fsp3) is 0.509. The molecule has 0 saturated carbocycles. The zero-order valence-corrected chi connectivity index (χ0v) is 43.5. The molecule has 2 N–H and O–H groups in total. The first-order chi connectivity index (χ1) is 34.0. The highest BCUT2D eigenvalue weighted by Gasteiger charge is 2.67. The molecule has 4 aromatic carbocycles. The maximum absolute atomic E-state index is 13.0. The molecule has 70 heavy (non-hydrogen) atoms. The molecule has 3 fully saturated rings. The number of methoxy groups -OCH3 is 2. The first-order valence-electron chi connectivity index (χ1n) is 25.2. The Labute approximate surface area is 427 Å². The molecule has 5 heterocycles. The van der Waals surface area contributed by atoms with Gasteiger partial charge in [0, 0.05) is 58.8 Å². The van der Waals surface area contributed by atoms with E-state index in [-0.39, 0.29) is 45.7 Å². The van der Waals surface area contributed by atoms with E-state index in [0.717, 1.165) is 79.0 Å². The number of aliphatic hydroxyl groups is 2. The lowest BCUT2D eigenvalue weighted by Gasteiger charge is -2.61. The number of benzene rings is 4. The second kappa shape index (κ2) is 20.2. The summed E-state index contributed by atoms with van der Waals surface area (Å²) in [5.41, 5.74) is 7.04. The maximum Gasteiger partial charge on any atom is 0.165 e. The van der Waals surface area contributed by atoms with Gasteiger partial charge in [-0.15, -0.1) is 0 Å². The van der Waals surface area contributed by atoms with Crippen molar-refractivity contribution in [1.29, 1.82) is 0 Å². The topological polar surface area (TPSA) is 116 Å². The van der Waals surface area contributed by atoms with E-state index in [2.05, 4.69) is 93.5 Å². The molecule has 9 aliphatic rings. The van der Waals surface area contributed by atoms with Gasteiger partial charge in [-0.1, -0.05) is 113 Å². The summed E-state index contributed by atoms with van der Waals surface area (Å²) in [6.45, 7) is 5.80. The Balaban J connectivity index is 0.000000119. The molecule has 4 aromatic rings. The van der Waals surface area contributed by atoms with Crippen LogP contribution in [-0.2, 0) is 28.4 Å². The number of hydrogen-bond donors (Lipinski definition) is 2. The van der Waals surface area contributed by atoms with Crippen molar-refractivity contribution in [3.05, 3.63) is 147 Å². The van der Waals surface area contributed by atoms with Crippen molar-refractivity contribution in [3.63, 3.8) is 0 Å². The van der Waals surface area contributed by atoms with Crippen LogP contribution >= 0.6 is 27.5 Å². The summed E-state index contributed by atoms with van der Waals surface area (Å²) in [4.78, 5) is 4.98. The normalized spacial score (nSPS) is 33.5. The van der Waals surface area contributed by atoms with E-state index < -0.39 is 12.2 Å². The first kappa shape index (κ1) is 49.6. The number of piperidine rings is 3. The minimum Gasteiger partial charge on any atom is -0.633 e. The molecule has 5 aliphatic heterocycles. The van der Waals surface area contributed by atoms with Crippen molar-refractivity contribution in [2.24, 2.45) is 11.8 Å². The van der Waals surface area contributed by atoms with Gasteiger partial charge in [-0.3, -0.25) is 0 Å². The van der Waals surface area contributed by atoms with Crippen molar-refractivity contribution >= 4 is 27.5 Å². The Morgan fingerprint density at radius 2 is 1.31 bits per heavy atom. The molecule has 0 radical (unpaired) electrons. The van der Waals surface area contributed by atoms with Crippen molar-refractivity contribution in [2.45, 2.75) is 98.4 Å². The Morgan fingerprint density at radius 3 is 1.93 bits per heavy atom. The quantitative estimate of drug-likeness (QED) is 0.0768. The van der Waals surface area contributed by atoms with Crippen LogP contribution in [0.3, 0.4) is 0 Å². The number of rotatable bonds is 8. The number of likely N-dealkylation sites (tertiary alicyclic amines) is 3. The highest BCUT2D eigenvalue weighted by Crippen LogP contribution is 2.64. The molecular weight excluding hydrogens is 970 g/mol. The summed E-state index contributed by atoms with van der Waals surface area (Å²) in [5.74, 6) is 5.53. The zero-order chi connectivity index (χ0) is 49.0. The lowest BCUT2D eigenvalue weighted by atomic mass is 9.53. The number of nitrogens with zero attached hydrogens (tertiary/aromatic N) is 3.